The van der Waals surface area contributed by atoms with Crippen LogP contribution in [0.25, 0.3) is 0 Å². The first-order valence-corrected chi connectivity index (χ1v) is 11.8. The van der Waals surface area contributed by atoms with Gasteiger partial charge >= 0.3 is 0 Å². The molecule has 0 aromatic rings. The highest BCUT2D eigenvalue weighted by molar-refractivity contribution is 4.92. The van der Waals surface area contributed by atoms with E-state index in [1.54, 1.807) is 0 Å². The third kappa shape index (κ3) is 27.2. The van der Waals surface area contributed by atoms with Gasteiger partial charge in [0.2, 0.25) is 0 Å². The second kappa shape index (κ2) is 27.3. The fourth-order valence-electron chi connectivity index (χ4n) is 2.60. The lowest BCUT2D eigenvalue weighted by Gasteiger charge is -2.09. The molecule has 0 rings (SSSR count). The van der Waals surface area contributed by atoms with Crippen molar-refractivity contribution in [3.05, 3.63) is 11.8 Å². The van der Waals surface area contributed by atoms with E-state index >= 15 is 0 Å². The third-order valence-electron chi connectivity index (χ3n) is 4.29. The Morgan fingerprint density at radius 3 is 1.61 bits per heavy atom. The molecule has 0 aromatic heterocycles. The average molecular weight is 450 g/mol. The number of hydrogen-bond acceptors (Lipinski definition) is 8. The first kappa shape index (κ1) is 30.3. The van der Waals surface area contributed by atoms with Gasteiger partial charge in [0, 0.05) is 5.70 Å². The Kier molecular flexibility index (Phi) is 26.6. The van der Waals surface area contributed by atoms with E-state index in [9.17, 15) is 0 Å². The summed E-state index contributed by atoms with van der Waals surface area (Å²) in [7, 11) is 0. The van der Waals surface area contributed by atoms with E-state index in [-0.39, 0.29) is 6.61 Å². The number of hydroxylamine groups is 1. The van der Waals surface area contributed by atoms with Crippen molar-refractivity contribution < 1.29 is 33.6 Å². The molecule has 0 aliphatic rings. The van der Waals surface area contributed by atoms with E-state index in [1.807, 2.05) is 6.92 Å². The van der Waals surface area contributed by atoms with Gasteiger partial charge in [-0.3, -0.25) is 10.3 Å². The summed E-state index contributed by atoms with van der Waals surface area (Å²) < 4.78 is 26.7. The van der Waals surface area contributed by atoms with Gasteiger partial charge in [-0.15, -0.1) is 0 Å². The molecule has 8 heteroatoms. The van der Waals surface area contributed by atoms with Crippen LogP contribution in [-0.4, -0.2) is 84.4 Å². The van der Waals surface area contributed by atoms with Gasteiger partial charge in [-0.05, 0) is 19.8 Å². The Hall–Kier alpha value is -0.740. The van der Waals surface area contributed by atoms with Gasteiger partial charge in [0.1, 0.15) is 0 Å². The Morgan fingerprint density at radius 2 is 1.10 bits per heavy atom. The lowest BCUT2D eigenvalue weighted by Crippen LogP contribution is -2.17. The minimum absolute atomic E-state index is 0.0375. The van der Waals surface area contributed by atoms with Crippen molar-refractivity contribution in [2.45, 2.75) is 58.8 Å². The van der Waals surface area contributed by atoms with Crippen molar-refractivity contribution in [3.63, 3.8) is 0 Å². The zero-order valence-corrected chi connectivity index (χ0v) is 19.9. The van der Waals surface area contributed by atoms with Crippen molar-refractivity contribution in [1.82, 2.24) is 5.48 Å². The lowest BCUT2D eigenvalue weighted by molar-refractivity contribution is -0.0251. The number of aliphatic hydroxyl groups is 1. The molecule has 0 fully saturated rings. The van der Waals surface area contributed by atoms with Gasteiger partial charge in [-0.1, -0.05) is 45.1 Å². The maximum Gasteiger partial charge on any atom is 0.0979 e. The number of unbranched alkanes of at least 4 members (excludes halogenated alkanes) is 6. The molecule has 8 nitrogen and oxygen atoms in total. The van der Waals surface area contributed by atoms with Crippen molar-refractivity contribution in [2.24, 2.45) is 0 Å². The maximum absolute atomic E-state index is 8.55. The maximum atomic E-state index is 8.55. The first-order chi connectivity index (χ1) is 15.3. The minimum Gasteiger partial charge on any atom is -0.394 e. The first-order valence-electron chi connectivity index (χ1n) is 11.8. The SMILES string of the molecule is CCCCCCCCC=C(C)NOCCOCCOCCOCCOCCOCCO. The Bertz CT molecular complexity index is 370. The normalized spacial score (nSPS) is 11.9. The van der Waals surface area contributed by atoms with Gasteiger partial charge in [0.05, 0.1) is 79.3 Å². The largest absolute Gasteiger partial charge is 0.394 e. The molecule has 0 saturated carbocycles. The molecule has 0 bridgehead atoms. The van der Waals surface area contributed by atoms with E-state index < -0.39 is 0 Å². The summed E-state index contributed by atoms with van der Waals surface area (Å²) in [5.74, 6) is 0. The van der Waals surface area contributed by atoms with E-state index in [0.717, 1.165) is 12.1 Å². The summed E-state index contributed by atoms with van der Waals surface area (Å²) in [4.78, 5) is 5.39. The average Bonchev–Trinajstić information content (AvgIpc) is 2.77. The van der Waals surface area contributed by atoms with E-state index in [4.69, 9.17) is 33.6 Å². The fourth-order valence-corrected chi connectivity index (χ4v) is 2.60. The smallest absolute Gasteiger partial charge is 0.0979 e. The molecule has 0 unspecified atom stereocenters. The van der Waals surface area contributed by atoms with Crippen LogP contribution in [-0.2, 0) is 28.5 Å². The number of rotatable bonds is 26. The molecule has 0 atom stereocenters. The van der Waals surface area contributed by atoms with E-state index in [1.165, 1.54) is 38.5 Å². The van der Waals surface area contributed by atoms with Gasteiger partial charge in [0.15, 0.2) is 0 Å². The number of hydrogen-bond donors (Lipinski definition) is 2. The highest BCUT2D eigenvalue weighted by Crippen LogP contribution is 2.07. The second-order valence-corrected chi connectivity index (χ2v) is 7.18. The van der Waals surface area contributed by atoms with Crippen molar-refractivity contribution in [3.8, 4) is 0 Å². The summed E-state index contributed by atoms with van der Waals surface area (Å²) in [5.41, 5.74) is 4.01. The topological polar surface area (TPSA) is 87.6 Å². The van der Waals surface area contributed by atoms with Crippen molar-refractivity contribution >= 4 is 0 Å². The van der Waals surface area contributed by atoms with E-state index in [0.29, 0.717) is 72.7 Å². The van der Waals surface area contributed by atoms with Crippen LogP contribution >= 0.6 is 0 Å². The second-order valence-electron chi connectivity index (χ2n) is 7.18. The molecule has 0 saturated heterocycles. The van der Waals surface area contributed by atoms with Crippen LogP contribution in [0.2, 0.25) is 0 Å². The standard InChI is InChI=1S/C23H47NO7/c1-3-4-5-6-7-8-9-10-23(2)24-31-22-21-30-20-19-29-18-17-28-16-15-27-14-13-26-12-11-25/h10,24-25H,3-9,11-22H2,1-2H3. The Balaban J connectivity index is 3.16. The molecule has 31 heavy (non-hydrogen) atoms. The highest BCUT2D eigenvalue weighted by Gasteiger charge is 1.95. The van der Waals surface area contributed by atoms with Crippen LogP contribution in [0.3, 0.4) is 0 Å². The van der Waals surface area contributed by atoms with Crippen molar-refractivity contribution in [1.29, 1.82) is 0 Å². The van der Waals surface area contributed by atoms with Crippen molar-refractivity contribution in [2.75, 3.05) is 79.3 Å². The predicted molar refractivity (Wildman–Crippen MR) is 122 cm³/mol. The highest BCUT2D eigenvalue weighted by atomic mass is 16.7. The van der Waals surface area contributed by atoms with Crippen LogP contribution in [0.5, 0.6) is 0 Å². The number of allylic oxidation sites excluding steroid dienone is 2. The van der Waals surface area contributed by atoms with Gasteiger partial charge in [-0.2, -0.15) is 0 Å². The predicted octanol–water partition coefficient (Wildman–Crippen LogP) is 3.24. The molecular weight excluding hydrogens is 402 g/mol. The van der Waals surface area contributed by atoms with Crippen LogP contribution in [0, 0.1) is 0 Å². The van der Waals surface area contributed by atoms with Gasteiger partial charge in [0.25, 0.3) is 0 Å². The quantitative estimate of drug-likeness (QED) is 0.154. The summed E-state index contributed by atoms with van der Waals surface area (Å²) in [6.45, 7) is 9.84. The summed E-state index contributed by atoms with van der Waals surface area (Å²) in [6, 6.07) is 0. The molecule has 0 amide bonds. The zero-order chi connectivity index (χ0) is 22.7. The summed E-state index contributed by atoms with van der Waals surface area (Å²) in [5, 5.41) is 8.55. The van der Waals surface area contributed by atoms with Gasteiger partial charge in [-0.25, -0.2) is 0 Å². The zero-order valence-electron chi connectivity index (χ0n) is 19.9. The Labute approximate surface area is 189 Å². The molecule has 0 aromatic carbocycles. The molecule has 0 spiro atoms. The van der Waals surface area contributed by atoms with Crippen LogP contribution in [0.15, 0.2) is 11.8 Å². The molecule has 0 aliphatic heterocycles. The van der Waals surface area contributed by atoms with Crippen LogP contribution < -0.4 is 5.48 Å². The number of ether oxygens (including phenoxy) is 5. The van der Waals surface area contributed by atoms with E-state index in [2.05, 4.69) is 18.5 Å². The minimum atomic E-state index is 0.0375. The third-order valence-corrected chi connectivity index (χ3v) is 4.29. The number of aliphatic hydroxyl groups excluding tert-OH is 1. The number of nitrogens with one attached hydrogen (secondary N) is 1. The molecule has 186 valence electrons. The molecule has 0 radical (unpaired) electrons. The van der Waals surface area contributed by atoms with Crippen LogP contribution in [0.1, 0.15) is 58.8 Å². The van der Waals surface area contributed by atoms with Gasteiger partial charge < -0.3 is 28.8 Å². The molecule has 0 aliphatic carbocycles. The Morgan fingerprint density at radius 1 is 0.645 bits per heavy atom. The van der Waals surface area contributed by atoms with Crippen LogP contribution in [0.4, 0.5) is 0 Å². The monoisotopic (exact) mass is 449 g/mol. The molecule has 2 N–H and O–H groups in total. The molecule has 0 heterocycles. The fraction of sp³-hybridized carbons (Fsp3) is 0.913. The lowest BCUT2D eigenvalue weighted by atomic mass is 10.1. The molecular formula is C23H47NO7. The summed E-state index contributed by atoms with van der Waals surface area (Å²) >= 11 is 0. The summed E-state index contributed by atoms with van der Waals surface area (Å²) in [6.07, 6.45) is 11.2.